The van der Waals surface area contributed by atoms with E-state index in [9.17, 15) is 13.2 Å². The maximum absolute atomic E-state index is 13.4. The molecule has 0 spiro atoms. The molecule has 1 aromatic rings. The summed E-state index contributed by atoms with van der Waals surface area (Å²) in [6.45, 7) is 13.4. The Hall–Kier alpha value is -1.66. The quantitative estimate of drug-likeness (QED) is 0.153. The van der Waals surface area contributed by atoms with Gasteiger partial charge in [-0.15, -0.1) is 0 Å². The first-order valence-corrected chi connectivity index (χ1v) is 18.1. The highest BCUT2D eigenvalue weighted by atomic mass is 32.2. The highest BCUT2D eigenvalue weighted by molar-refractivity contribution is 7.86. The first-order chi connectivity index (χ1) is 19.9. The average Bonchev–Trinajstić information content (AvgIpc) is 3.29. The van der Waals surface area contributed by atoms with Gasteiger partial charge in [0.2, 0.25) is 0 Å². The Kier molecular flexibility index (Phi) is 9.36. The molecule has 8 atom stereocenters. The number of carbonyl (C=O) groups is 1. The standard InChI is InChI=1S/C36H54O5S/c1-24(2)8-7-9-26(4)32-16-17-33-31-15-12-28-22-29(41-27(5)37)18-21-36(28,34(31)19-20-35(32,33)6)23-40-42(38,39)30-13-10-25(3)11-14-30/h10-14,24,26,29,31-34H,7-9,15-23H2,1-6H3/t26-,29-,31-,32+,33-,34-,35+,36+/m0/s1. The molecule has 3 saturated carbocycles. The largest absolute Gasteiger partial charge is 0.462 e. The number of rotatable bonds is 10. The second-order valence-corrected chi connectivity index (χ2v) is 16.6. The van der Waals surface area contributed by atoms with Crippen LogP contribution < -0.4 is 0 Å². The Bertz CT molecular complexity index is 1250. The van der Waals surface area contributed by atoms with Crippen molar-refractivity contribution in [3.63, 3.8) is 0 Å². The normalized spacial score (nSPS) is 35.1. The van der Waals surface area contributed by atoms with Gasteiger partial charge < -0.3 is 4.74 Å². The molecule has 3 fully saturated rings. The van der Waals surface area contributed by atoms with Crippen molar-refractivity contribution in [2.75, 3.05) is 6.61 Å². The molecule has 234 valence electrons. The van der Waals surface area contributed by atoms with Crippen LogP contribution in [0.2, 0.25) is 0 Å². The Morgan fingerprint density at radius 3 is 2.43 bits per heavy atom. The van der Waals surface area contributed by atoms with Crippen LogP contribution in [0.3, 0.4) is 0 Å². The van der Waals surface area contributed by atoms with Gasteiger partial charge in [0.05, 0.1) is 11.5 Å². The van der Waals surface area contributed by atoms with E-state index in [1.165, 1.54) is 51.0 Å². The third-order valence-electron chi connectivity index (χ3n) is 12.1. The summed E-state index contributed by atoms with van der Waals surface area (Å²) in [5.74, 6) is 3.67. The number of allylic oxidation sites excluding steroid dienone is 1. The van der Waals surface area contributed by atoms with Gasteiger partial charge in [-0.3, -0.25) is 8.98 Å². The summed E-state index contributed by atoms with van der Waals surface area (Å²) in [5, 5.41) is 0. The van der Waals surface area contributed by atoms with Crippen molar-refractivity contribution in [3.05, 3.63) is 41.5 Å². The highest BCUT2D eigenvalue weighted by Gasteiger charge is 2.60. The number of fused-ring (bicyclic) bond motifs is 5. The second kappa shape index (κ2) is 12.4. The number of hydrogen-bond acceptors (Lipinski definition) is 5. The lowest BCUT2D eigenvalue weighted by Crippen LogP contribution is -2.54. The van der Waals surface area contributed by atoms with Crippen LogP contribution in [0, 0.1) is 53.3 Å². The molecule has 0 saturated heterocycles. The van der Waals surface area contributed by atoms with Crippen molar-refractivity contribution in [1.29, 1.82) is 0 Å². The highest BCUT2D eigenvalue weighted by Crippen LogP contribution is 2.67. The molecule has 0 radical (unpaired) electrons. The third kappa shape index (κ3) is 6.14. The monoisotopic (exact) mass is 598 g/mol. The predicted octanol–water partition coefficient (Wildman–Crippen LogP) is 8.65. The Balaban J connectivity index is 1.40. The van der Waals surface area contributed by atoms with Crippen LogP contribution >= 0.6 is 0 Å². The Labute approximate surface area is 255 Å². The molecule has 0 bridgehead atoms. The lowest BCUT2D eigenvalue weighted by Gasteiger charge is -2.59. The summed E-state index contributed by atoms with van der Waals surface area (Å²) in [7, 11) is -3.88. The van der Waals surface area contributed by atoms with Crippen LogP contribution in [0.5, 0.6) is 0 Å². The van der Waals surface area contributed by atoms with E-state index in [0.717, 1.165) is 49.0 Å². The topological polar surface area (TPSA) is 69.7 Å². The van der Waals surface area contributed by atoms with Crippen LogP contribution in [-0.2, 0) is 23.8 Å². The second-order valence-electron chi connectivity index (χ2n) is 15.0. The predicted molar refractivity (Wildman–Crippen MR) is 167 cm³/mol. The van der Waals surface area contributed by atoms with Crippen molar-refractivity contribution < 1.29 is 22.1 Å². The smallest absolute Gasteiger partial charge is 0.302 e. The van der Waals surface area contributed by atoms with Crippen molar-refractivity contribution >= 4 is 16.1 Å². The van der Waals surface area contributed by atoms with Gasteiger partial charge >= 0.3 is 5.97 Å². The van der Waals surface area contributed by atoms with Crippen LogP contribution in [0.15, 0.2) is 40.8 Å². The summed E-state index contributed by atoms with van der Waals surface area (Å²) in [6, 6.07) is 6.94. The number of aryl methyl sites for hydroxylation is 1. The van der Waals surface area contributed by atoms with E-state index >= 15 is 0 Å². The summed E-state index contributed by atoms with van der Waals surface area (Å²) in [4.78, 5) is 12.0. The minimum atomic E-state index is -3.88. The van der Waals surface area contributed by atoms with Crippen molar-refractivity contribution in [2.45, 2.75) is 123 Å². The maximum Gasteiger partial charge on any atom is 0.302 e. The summed E-state index contributed by atoms with van der Waals surface area (Å²) in [6.07, 6.45) is 14.5. The number of carbonyl (C=O) groups excluding carboxylic acids is 1. The Morgan fingerprint density at radius 1 is 1.00 bits per heavy atom. The van der Waals surface area contributed by atoms with Crippen molar-refractivity contribution in [3.8, 4) is 0 Å². The molecule has 0 unspecified atom stereocenters. The summed E-state index contributed by atoms with van der Waals surface area (Å²) < 4.78 is 38.5. The molecule has 5 rings (SSSR count). The molecule has 0 aliphatic heterocycles. The molecule has 0 heterocycles. The van der Waals surface area contributed by atoms with Gasteiger partial charge in [-0.05, 0) is 105 Å². The summed E-state index contributed by atoms with van der Waals surface area (Å²) in [5.41, 5.74) is 2.32. The molecule has 42 heavy (non-hydrogen) atoms. The molecule has 1 aromatic carbocycles. The van der Waals surface area contributed by atoms with Gasteiger partial charge in [-0.2, -0.15) is 8.42 Å². The zero-order valence-electron chi connectivity index (χ0n) is 26.9. The molecular formula is C36H54O5S. The molecule has 6 heteroatoms. The van der Waals surface area contributed by atoms with Crippen LogP contribution in [0.1, 0.15) is 111 Å². The lowest BCUT2D eigenvalue weighted by atomic mass is 9.46. The molecule has 4 aliphatic carbocycles. The fourth-order valence-electron chi connectivity index (χ4n) is 10.0. The molecule has 5 nitrogen and oxygen atoms in total. The van der Waals surface area contributed by atoms with E-state index < -0.39 is 10.1 Å². The van der Waals surface area contributed by atoms with Crippen LogP contribution in [0.4, 0.5) is 0 Å². The van der Waals surface area contributed by atoms with Gasteiger partial charge in [-0.25, -0.2) is 0 Å². The number of hydrogen-bond donors (Lipinski definition) is 0. The SMILES string of the molecule is CC(=O)O[C@H]1CC[C@@]2(COS(=O)(=O)c3ccc(C)cc3)C(=CC[C@@H]3[C@@H]2CC[C@]2(C)[C@@H]([C@@H](C)CCCC(C)C)CC[C@@H]32)C1. The zero-order chi connectivity index (χ0) is 30.3. The molecule has 0 aromatic heterocycles. The third-order valence-corrected chi connectivity index (χ3v) is 13.4. The van der Waals surface area contributed by atoms with Crippen LogP contribution in [0.25, 0.3) is 0 Å². The number of benzene rings is 1. The maximum atomic E-state index is 13.4. The van der Waals surface area contributed by atoms with E-state index in [-0.39, 0.29) is 29.0 Å². The zero-order valence-corrected chi connectivity index (χ0v) is 27.7. The van der Waals surface area contributed by atoms with E-state index in [0.29, 0.717) is 29.6 Å². The van der Waals surface area contributed by atoms with Crippen LogP contribution in [-0.4, -0.2) is 27.1 Å². The fraction of sp³-hybridized carbons (Fsp3) is 0.750. The van der Waals surface area contributed by atoms with Gasteiger partial charge in [-0.1, -0.05) is 76.3 Å². The Morgan fingerprint density at radius 2 is 1.74 bits per heavy atom. The lowest BCUT2D eigenvalue weighted by molar-refractivity contribution is -0.149. The van der Waals surface area contributed by atoms with Crippen molar-refractivity contribution in [2.24, 2.45) is 46.3 Å². The number of esters is 1. The average molecular weight is 599 g/mol. The van der Waals surface area contributed by atoms with E-state index in [1.54, 1.807) is 12.1 Å². The van der Waals surface area contributed by atoms with E-state index in [1.807, 2.05) is 19.1 Å². The minimum Gasteiger partial charge on any atom is -0.462 e. The minimum absolute atomic E-state index is 0.136. The molecular weight excluding hydrogens is 544 g/mol. The molecule has 0 N–H and O–H groups in total. The van der Waals surface area contributed by atoms with Gasteiger partial charge in [0.1, 0.15) is 6.10 Å². The molecule has 4 aliphatic rings. The van der Waals surface area contributed by atoms with E-state index in [2.05, 4.69) is 33.8 Å². The van der Waals surface area contributed by atoms with Gasteiger partial charge in [0, 0.05) is 18.8 Å². The first-order valence-electron chi connectivity index (χ1n) is 16.7. The molecule has 0 amide bonds. The van der Waals surface area contributed by atoms with Gasteiger partial charge in [0.15, 0.2) is 0 Å². The fourth-order valence-corrected chi connectivity index (χ4v) is 11.0. The van der Waals surface area contributed by atoms with Crippen molar-refractivity contribution in [1.82, 2.24) is 0 Å². The van der Waals surface area contributed by atoms with Gasteiger partial charge in [0.25, 0.3) is 10.1 Å². The first kappa shape index (κ1) is 31.8. The number of ether oxygens (including phenoxy) is 1. The summed E-state index contributed by atoms with van der Waals surface area (Å²) >= 11 is 0. The van der Waals surface area contributed by atoms with E-state index in [4.69, 9.17) is 8.92 Å².